The first kappa shape index (κ1) is 13.4. The van der Waals surface area contributed by atoms with Gasteiger partial charge in [-0.25, -0.2) is 0 Å². The highest BCUT2D eigenvalue weighted by molar-refractivity contribution is 7.51. The van der Waals surface area contributed by atoms with E-state index in [2.05, 4.69) is 0 Å². The SMILES string of the molecule is CP(=O)(O)OCCCOCc1ccccc1. The molecule has 0 aliphatic rings. The fourth-order valence-electron chi connectivity index (χ4n) is 1.16. The summed E-state index contributed by atoms with van der Waals surface area (Å²) >= 11 is 0. The molecular formula is C11H17O4P. The third-order valence-electron chi connectivity index (χ3n) is 1.88. The van der Waals surface area contributed by atoms with Gasteiger partial charge in [0.05, 0.1) is 13.2 Å². The highest BCUT2D eigenvalue weighted by Crippen LogP contribution is 2.36. The Bertz CT molecular complexity index is 333. The van der Waals surface area contributed by atoms with Crippen LogP contribution >= 0.6 is 7.60 Å². The van der Waals surface area contributed by atoms with Crippen molar-refractivity contribution < 1.29 is 18.7 Å². The smallest absolute Gasteiger partial charge is 0.325 e. The van der Waals surface area contributed by atoms with Gasteiger partial charge in [0.15, 0.2) is 0 Å². The molecule has 0 aromatic heterocycles. The van der Waals surface area contributed by atoms with Gasteiger partial charge in [0, 0.05) is 13.3 Å². The summed E-state index contributed by atoms with van der Waals surface area (Å²) in [6.45, 7) is 2.51. The molecule has 0 heterocycles. The Labute approximate surface area is 95.7 Å². The Morgan fingerprint density at radius 2 is 1.94 bits per heavy atom. The minimum Gasteiger partial charge on any atom is -0.377 e. The van der Waals surface area contributed by atoms with Crippen LogP contribution in [-0.4, -0.2) is 24.8 Å². The maximum Gasteiger partial charge on any atom is 0.325 e. The van der Waals surface area contributed by atoms with E-state index in [0.29, 0.717) is 19.6 Å². The van der Waals surface area contributed by atoms with E-state index < -0.39 is 7.60 Å². The standard InChI is InChI=1S/C11H17O4P/c1-16(12,13)15-9-5-8-14-10-11-6-3-2-4-7-11/h2-4,6-7H,5,8-10H2,1H3,(H,12,13). The van der Waals surface area contributed by atoms with Crippen molar-refractivity contribution >= 4 is 7.60 Å². The summed E-state index contributed by atoms with van der Waals surface area (Å²) in [6.07, 6.45) is 0.616. The lowest BCUT2D eigenvalue weighted by Crippen LogP contribution is -2.00. The Morgan fingerprint density at radius 3 is 2.56 bits per heavy atom. The molecule has 16 heavy (non-hydrogen) atoms. The number of hydrogen-bond acceptors (Lipinski definition) is 3. The third-order valence-corrected chi connectivity index (χ3v) is 2.54. The molecule has 0 saturated carbocycles. The zero-order chi connectivity index (χ0) is 11.9. The Morgan fingerprint density at radius 1 is 1.25 bits per heavy atom. The largest absolute Gasteiger partial charge is 0.377 e. The van der Waals surface area contributed by atoms with Crippen molar-refractivity contribution in [1.29, 1.82) is 0 Å². The summed E-state index contributed by atoms with van der Waals surface area (Å²) in [7, 11) is -3.33. The molecule has 1 rings (SSSR count). The van der Waals surface area contributed by atoms with E-state index in [4.69, 9.17) is 14.2 Å². The van der Waals surface area contributed by atoms with Gasteiger partial charge in [0.2, 0.25) is 0 Å². The first-order valence-corrected chi connectivity index (χ1v) is 7.17. The fourth-order valence-corrected chi connectivity index (χ4v) is 1.63. The van der Waals surface area contributed by atoms with Crippen LogP contribution in [-0.2, 0) is 20.4 Å². The van der Waals surface area contributed by atoms with Crippen LogP contribution in [0.1, 0.15) is 12.0 Å². The lowest BCUT2D eigenvalue weighted by Gasteiger charge is -2.07. The Hall–Kier alpha value is -0.670. The van der Waals surface area contributed by atoms with E-state index in [0.717, 1.165) is 5.56 Å². The molecule has 0 spiro atoms. The van der Waals surface area contributed by atoms with Gasteiger partial charge in [-0.2, -0.15) is 0 Å². The maximum atomic E-state index is 10.8. The first-order valence-electron chi connectivity index (χ1n) is 5.14. The molecule has 0 fully saturated rings. The van der Waals surface area contributed by atoms with Crippen LogP contribution < -0.4 is 0 Å². The molecule has 1 unspecified atom stereocenters. The normalized spacial score (nSPS) is 14.6. The van der Waals surface area contributed by atoms with E-state index in [9.17, 15) is 4.57 Å². The van der Waals surface area contributed by atoms with Crippen molar-refractivity contribution in [2.24, 2.45) is 0 Å². The van der Waals surface area contributed by atoms with Gasteiger partial charge >= 0.3 is 7.60 Å². The van der Waals surface area contributed by atoms with Gasteiger partial charge in [0.25, 0.3) is 0 Å². The second kappa shape index (κ2) is 6.81. The monoisotopic (exact) mass is 244 g/mol. The van der Waals surface area contributed by atoms with Crippen LogP contribution in [0.2, 0.25) is 0 Å². The van der Waals surface area contributed by atoms with E-state index in [1.54, 1.807) is 0 Å². The molecule has 0 amide bonds. The molecule has 0 radical (unpaired) electrons. The highest BCUT2D eigenvalue weighted by atomic mass is 31.2. The van der Waals surface area contributed by atoms with Crippen molar-refractivity contribution in [1.82, 2.24) is 0 Å². The average Bonchev–Trinajstić information content (AvgIpc) is 2.23. The third kappa shape index (κ3) is 6.75. The van der Waals surface area contributed by atoms with Crippen LogP contribution in [0.4, 0.5) is 0 Å². The molecule has 4 nitrogen and oxygen atoms in total. The van der Waals surface area contributed by atoms with Crippen molar-refractivity contribution in [3.63, 3.8) is 0 Å². The van der Waals surface area contributed by atoms with Crippen molar-refractivity contribution in [3.05, 3.63) is 35.9 Å². The zero-order valence-corrected chi connectivity index (χ0v) is 10.2. The summed E-state index contributed by atoms with van der Waals surface area (Å²) < 4.78 is 20.9. The summed E-state index contributed by atoms with van der Waals surface area (Å²) in [5, 5.41) is 0. The van der Waals surface area contributed by atoms with Crippen molar-refractivity contribution in [3.8, 4) is 0 Å². The van der Waals surface area contributed by atoms with E-state index in [-0.39, 0.29) is 6.61 Å². The number of ether oxygens (including phenoxy) is 1. The topological polar surface area (TPSA) is 55.8 Å². The van der Waals surface area contributed by atoms with Crippen LogP contribution in [0.3, 0.4) is 0 Å². The fraction of sp³-hybridized carbons (Fsp3) is 0.455. The van der Waals surface area contributed by atoms with Gasteiger partial charge in [-0.15, -0.1) is 0 Å². The summed E-state index contributed by atoms with van der Waals surface area (Å²) in [5.41, 5.74) is 1.12. The lowest BCUT2D eigenvalue weighted by molar-refractivity contribution is 0.105. The number of hydrogen-bond donors (Lipinski definition) is 1. The maximum absolute atomic E-state index is 10.8. The molecular weight excluding hydrogens is 227 g/mol. The molecule has 0 bridgehead atoms. The molecule has 1 aromatic carbocycles. The average molecular weight is 244 g/mol. The van der Waals surface area contributed by atoms with Gasteiger partial charge < -0.3 is 14.2 Å². The van der Waals surface area contributed by atoms with Crippen molar-refractivity contribution in [2.45, 2.75) is 13.0 Å². The van der Waals surface area contributed by atoms with Gasteiger partial charge in [-0.3, -0.25) is 4.57 Å². The van der Waals surface area contributed by atoms with Crippen LogP contribution in [0.15, 0.2) is 30.3 Å². The van der Waals surface area contributed by atoms with Crippen LogP contribution in [0.25, 0.3) is 0 Å². The Balaban J connectivity index is 2.03. The number of benzene rings is 1. The molecule has 0 aliphatic carbocycles. The predicted molar refractivity (Wildman–Crippen MR) is 62.4 cm³/mol. The van der Waals surface area contributed by atoms with E-state index >= 15 is 0 Å². The zero-order valence-electron chi connectivity index (χ0n) is 9.33. The quantitative estimate of drug-likeness (QED) is 0.591. The minimum atomic E-state index is -3.33. The second-order valence-electron chi connectivity index (χ2n) is 3.53. The molecule has 90 valence electrons. The highest BCUT2D eigenvalue weighted by Gasteiger charge is 2.08. The molecule has 1 aromatic rings. The summed E-state index contributed by atoms with van der Waals surface area (Å²) in [6, 6.07) is 9.86. The molecule has 0 aliphatic heterocycles. The number of rotatable bonds is 7. The van der Waals surface area contributed by atoms with Crippen molar-refractivity contribution in [2.75, 3.05) is 19.9 Å². The minimum absolute atomic E-state index is 0.249. The van der Waals surface area contributed by atoms with E-state index in [1.165, 1.54) is 6.66 Å². The van der Waals surface area contributed by atoms with Gasteiger partial charge in [-0.05, 0) is 12.0 Å². The summed E-state index contributed by atoms with van der Waals surface area (Å²) in [4.78, 5) is 8.84. The lowest BCUT2D eigenvalue weighted by atomic mass is 10.2. The van der Waals surface area contributed by atoms with Gasteiger partial charge in [0.1, 0.15) is 0 Å². The molecule has 0 saturated heterocycles. The first-order chi connectivity index (χ1) is 7.58. The van der Waals surface area contributed by atoms with E-state index in [1.807, 2.05) is 30.3 Å². The second-order valence-corrected chi connectivity index (χ2v) is 5.39. The molecule has 1 N–H and O–H groups in total. The predicted octanol–water partition coefficient (Wildman–Crippen LogP) is 2.43. The summed E-state index contributed by atoms with van der Waals surface area (Å²) in [5.74, 6) is 0. The molecule has 5 heteroatoms. The van der Waals surface area contributed by atoms with Crippen LogP contribution in [0.5, 0.6) is 0 Å². The Kier molecular flexibility index (Phi) is 5.71. The van der Waals surface area contributed by atoms with Crippen LogP contribution in [0, 0.1) is 0 Å². The molecule has 1 atom stereocenters. The van der Waals surface area contributed by atoms with Gasteiger partial charge in [-0.1, -0.05) is 30.3 Å².